The number of hydrogen-bond acceptors (Lipinski definition) is 0. The van der Waals surface area contributed by atoms with Crippen LogP contribution < -0.4 is 27.2 Å². The Balaban J connectivity index is 2.98. The van der Waals surface area contributed by atoms with Gasteiger partial charge in [0, 0.05) is 5.56 Å². The highest BCUT2D eigenvalue weighted by atomic mass is 15.1. The van der Waals surface area contributed by atoms with Crippen molar-refractivity contribution in [2.45, 2.75) is 6.92 Å². The van der Waals surface area contributed by atoms with Crippen LogP contribution in [0.4, 0.5) is 5.69 Å². The van der Waals surface area contributed by atoms with Gasteiger partial charge in [-0.15, -0.1) is 4.99 Å². The Labute approximate surface area is 82.3 Å². The highest BCUT2D eigenvalue weighted by molar-refractivity contribution is 5.76. The van der Waals surface area contributed by atoms with E-state index in [0.29, 0.717) is 5.96 Å². The van der Waals surface area contributed by atoms with Crippen LogP contribution >= 0.6 is 0 Å². The Morgan fingerprint density at radius 1 is 1.14 bits per heavy atom. The molecule has 0 radical (unpaired) electrons. The van der Waals surface area contributed by atoms with Crippen LogP contribution in [0, 0.1) is 6.92 Å². The number of aryl methyl sites for hydroxylation is 1. The van der Waals surface area contributed by atoms with Crippen LogP contribution in [0.5, 0.6) is 0 Å². The zero-order valence-electron chi connectivity index (χ0n) is 8.04. The largest absolute Gasteiger partial charge is 0.522 e. The van der Waals surface area contributed by atoms with Crippen molar-refractivity contribution in [1.29, 1.82) is 0 Å². The van der Waals surface area contributed by atoms with Crippen LogP contribution in [0.1, 0.15) is 5.56 Å². The number of benzene rings is 1. The molecule has 0 heterocycles. The van der Waals surface area contributed by atoms with E-state index in [1.807, 2.05) is 31.2 Å². The van der Waals surface area contributed by atoms with Gasteiger partial charge < -0.3 is 11.5 Å². The molecule has 0 saturated carbocycles. The maximum Gasteiger partial charge on any atom is 0.522 e. The van der Waals surface area contributed by atoms with Gasteiger partial charge in [0.15, 0.2) is 5.69 Å². The molecule has 74 valence electrons. The molecule has 0 aromatic heterocycles. The van der Waals surface area contributed by atoms with E-state index >= 15 is 0 Å². The molecule has 0 aliphatic heterocycles. The van der Waals surface area contributed by atoms with Crippen molar-refractivity contribution in [2.75, 3.05) is 0 Å². The van der Waals surface area contributed by atoms with E-state index in [0.717, 1.165) is 11.3 Å². The summed E-state index contributed by atoms with van der Waals surface area (Å²) in [5.41, 5.74) is 18.1. The van der Waals surface area contributed by atoms with Crippen LogP contribution in [0.3, 0.4) is 0 Å². The fourth-order valence-corrected chi connectivity index (χ4v) is 1.04. The molecule has 0 unspecified atom stereocenters. The minimum atomic E-state index is 0.0589. The third kappa shape index (κ3) is 2.78. The van der Waals surface area contributed by atoms with Crippen LogP contribution in [0.2, 0.25) is 0 Å². The highest BCUT2D eigenvalue weighted by Gasteiger charge is 2.05. The minimum Gasteiger partial charge on any atom is -0.345 e. The molecular formula is C9H15N5+2. The Morgan fingerprint density at radius 2 is 1.79 bits per heavy atom. The smallest absolute Gasteiger partial charge is 0.345 e. The average molecular weight is 193 g/mol. The highest BCUT2D eigenvalue weighted by Crippen LogP contribution is 2.04. The summed E-state index contributed by atoms with van der Waals surface area (Å²) in [6.45, 7) is 1.98. The molecule has 0 fully saturated rings. The van der Waals surface area contributed by atoms with Gasteiger partial charge in [0.05, 0.1) is 0 Å². The van der Waals surface area contributed by atoms with Gasteiger partial charge in [-0.3, -0.25) is 0 Å². The van der Waals surface area contributed by atoms with Gasteiger partial charge in [-0.2, -0.15) is 4.99 Å². The first-order valence-electron chi connectivity index (χ1n) is 4.19. The summed E-state index contributed by atoms with van der Waals surface area (Å²) in [6.07, 6.45) is 0. The van der Waals surface area contributed by atoms with Crippen molar-refractivity contribution in [1.82, 2.24) is 0 Å². The molecule has 5 heteroatoms. The molecule has 0 amide bonds. The monoisotopic (exact) mass is 193 g/mol. The maximum absolute atomic E-state index is 5.59. The van der Waals surface area contributed by atoms with Crippen molar-refractivity contribution in [3.05, 3.63) is 29.8 Å². The molecule has 5 nitrogen and oxygen atoms in total. The van der Waals surface area contributed by atoms with Gasteiger partial charge in [-0.05, 0) is 13.0 Å². The predicted molar refractivity (Wildman–Crippen MR) is 55.3 cm³/mol. The lowest BCUT2D eigenvalue weighted by Crippen LogP contribution is -2.96. The summed E-state index contributed by atoms with van der Waals surface area (Å²) in [5, 5.41) is 0. The molecule has 0 bridgehead atoms. The summed E-state index contributed by atoms with van der Waals surface area (Å²) < 4.78 is 0. The van der Waals surface area contributed by atoms with E-state index in [4.69, 9.17) is 17.2 Å². The van der Waals surface area contributed by atoms with Gasteiger partial charge in [-0.25, -0.2) is 5.73 Å². The van der Waals surface area contributed by atoms with Crippen LogP contribution in [0.15, 0.2) is 24.3 Å². The fraction of sp³-hybridized carbons (Fsp3) is 0.111. The fourth-order valence-electron chi connectivity index (χ4n) is 1.04. The van der Waals surface area contributed by atoms with Crippen molar-refractivity contribution < 1.29 is 9.98 Å². The van der Waals surface area contributed by atoms with Crippen molar-refractivity contribution in [2.24, 2.45) is 17.2 Å². The first kappa shape index (κ1) is 10.0. The molecular weight excluding hydrogens is 178 g/mol. The Hall–Kier alpha value is -2.04. The summed E-state index contributed by atoms with van der Waals surface area (Å²) in [6, 6.07) is 7.76. The van der Waals surface area contributed by atoms with E-state index in [9.17, 15) is 0 Å². The first-order chi connectivity index (χ1) is 6.59. The second-order valence-electron chi connectivity index (χ2n) is 2.93. The molecule has 0 atom stereocenters. The molecule has 1 aromatic rings. The number of guanidine groups is 2. The lowest BCUT2D eigenvalue weighted by Gasteiger charge is -1.92. The maximum atomic E-state index is 5.59. The first-order valence-corrected chi connectivity index (χ1v) is 4.19. The minimum absolute atomic E-state index is 0.0589. The zero-order valence-corrected chi connectivity index (χ0v) is 8.04. The number of nitrogens with two attached hydrogens (primary N) is 3. The Bertz CT molecular complexity index is 377. The molecule has 14 heavy (non-hydrogen) atoms. The average Bonchev–Trinajstić information content (AvgIpc) is 2.07. The van der Waals surface area contributed by atoms with Gasteiger partial charge in [-0.1, -0.05) is 18.2 Å². The summed E-state index contributed by atoms with van der Waals surface area (Å²) in [5.74, 6) is 0.364. The predicted octanol–water partition coefficient (Wildman–Crippen LogP) is -3.62. The van der Waals surface area contributed by atoms with Gasteiger partial charge in [0.1, 0.15) is 0 Å². The molecule has 8 N–H and O–H groups in total. The number of nitrogens with one attached hydrogen (secondary N) is 2. The van der Waals surface area contributed by atoms with E-state index < -0.39 is 0 Å². The summed E-state index contributed by atoms with van der Waals surface area (Å²) in [7, 11) is 0. The van der Waals surface area contributed by atoms with E-state index in [1.165, 1.54) is 0 Å². The number of para-hydroxylation sites is 1. The Kier molecular flexibility index (Phi) is 3.06. The second kappa shape index (κ2) is 4.27. The number of rotatable bonds is 1. The standard InChI is InChI=1S/C9H13N5/c1-6-4-2-3-5-7(6)13-9(12)14-8(10)11/h2-5H,1H3,(H6,10,11,12,13,14)/p+2. The van der Waals surface area contributed by atoms with Crippen molar-refractivity contribution >= 4 is 17.6 Å². The third-order valence-electron chi connectivity index (χ3n) is 1.69. The topological polar surface area (TPSA) is 106 Å². The summed E-state index contributed by atoms with van der Waals surface area (Å²) in [4.78, 5) is 5.52. The van der Waals surface area contributed by atoms with Crippen LogP contribution in [-0.2, 0) is 0 Å². The van der Waals surface area contributed by atoms with E-state index in [1.54, 1.807) is 0 Å². The van der Waals surface area contributed by atoms with Crippen molar-refractivity contribution in [3.8, 4) is 0 Å². The van der Waals surface area contributed by atoms with Crippen LogP contribution in [0.25, 0.3) is 0 Å². The van der Waals surface area contributed by atoms with E-state index in [-0.39, 0.29) is 5.96 Å². The zero-order chi connectivity index (χ0) is 10.6. The van der Waals surface area contributed by atoms with Gasteiger partial charge >= 0.3 is 5.96 Å². The molecule has 0 aliphatic carbocycles. The van der Waals surface area contributed by atoms with Gasteiger partial charge in [0.25, 0.3) is 5.96 Å². The normalized spacial score (nSPS) is 11.1. The molecule has 0 spiro atoms. The molecule has 0 aliphatic rings. The van der Waals surface area contributed by atoms with E-state index in [2.05, 4.69) is 9.98 Å². The lowest BCUT2D eigenvalue weighted by atomic mass is 10.2. The van der Waals surface area contributed by atoms with Crippen molar-refractivity contribution in [3.63, 3.8) is 0 Å². The molecule has 1 aromatic carbocycles. The quantitative estimate of drug-likeness (QED) is 0.235. The number of hydrogen-bond donors (Lipinski definition) is 5. The molecule has 0 saturated heterocycles. The van der Waals surface area contributed by atoms with Gasteiger partial charge in [0.2, 0.25) is 0 Å². The Morgan fingerprint density at radius 3 is 2.36 bits per heavy atom. The summed E-state index contributed by atoms with van der Waals surface area (Å²) >= 11 is 0. The molecule has 1 rings (SSSR count). The SMILES string of the molecule is Cc1ccccc1[NH+]=C(N)[NH+]=C(N)N. The third-order valence-corrected chi connectivity index (χ3v) is 1.69. The second-order valence-corrected chi connectivity index (χ2v) is 2.93. The van der Waals surface area contributed by atoms with Crippen LogP contribution in [-0.4, -0.2) is 11.9 Å². The lowest BCUT2D eigenvalue weighted by molar-refractivity contribution is -0.459.